The Balaban J connectivity index is 1.37. The van der Waals surface area contributed by atoms with E-state index in [-0.39, 0.29) is 17.9 Å². The number of carbonyl (C=O) groups excluding carboxylic acids is 1. The average molecular weight is 437 g/mol. The Bertz CT molecular complexity index is 1100. The van der Waals surface area contributed by atoms with Crippen LogP contribution in [0.15, 0.2) is 42.5 Å². The van der Waals surface area contributed by atoms with Crippen LogP contribution < -0.4 is 5.32 Å². The zero-order chi connectivity index (χ0) is 21.5. The van der Waals surface area contributed by atoms with Gasteiger partial charge < -0.3 is 9.88 Å². The molecule has 0 radical (unpaired) electrons. The molecule has 3 atom stereocenters. The maximum atomic E-state index is 13.3. The first kappa shape index (κ1) is 20.7. The number of aromatic nitrogens is 2. The molecule has 0 spiro atoms. The van der Waals surface area contributed by atoms with Gasteiger partial charge in [0, 0.05) is 23.2 Å². The second-order valence-electron chi connectivity index (χ2n) is 8.87. The molecule has 2 unspecified atom stereocenters. The molecule has 5 rings (SSSR count). The topological polar surface area (TPSA) is 50.2 Å². The Morgan fingerprint density at radius 1 is 1.19 bits per heavy atom. The van der Waals surface area contributed by atoms with Crippen molar-refractivity contribution in [2.24, 2.45) is 0 Å². The molecule has 162 valence electrons. The number of nitrogens with zero attached hydrogens (tertiary/aromatic N) is 3. The molecule has 5 nitrogen and oxygen atoms in total. The minimum atomic E-state index is 0.0257. The van der Waals surface area contributed by atoms with Crippen molar-refractivity contribution in [3.8, 4) is 0 Å². The quantitative estimate of drug-likeness (QED) is 0.593. The number of hydrogen-bond donors (Lipinski definition) is 1. The van der Waals surface area contributed by atoms with Gasteiger partial charge in [-0.3, -0.25) is 9.69 Å². The maximum Gasteiger partial charge on any atom is 0.179 e. The Hall–Kier alpha value is -2.21. The van der Waals surface area contributed by atoms with Crippen molar-refractivity contribution >= 4 is 28.4 Å². The molecular formula is C25H29ClN4O. The fraction of sp³-hybridized carbons (Fsp3) is 0.440. The number of halogens is 1. The lowest BCUT2D eigenvalue weighted by Crippen LogP contribution is -2.44. The van der Waals surface area contributed by atoms with Gasteiger partial charge in [-0.1, -0.05) is 35.9 Å². The van der Waals surface area contributed by atoms with Crippen molar-refractivity contribution in [2.75, 3.05) is 19.6 Å². The van der Waals surface area contributed by atoms with Gasteiger partial charge in [0.1, 0.15) is 5.82 Å². The largest absolute Gasteiger partial charge is 0.321 e. The SMILES string of the molecule is Cc1nc2cc(Cl)ccc2n1[C@H](C)c1ccc(C(=O)C2CCCN2C2CCNC2)cc1. The molecule has 2 aromatic carbocycles. The molecule has 0 saturated carbocycles. The summed E-state index contributed by atoms with van der Waals surface area (Å²) in [6.07, 6.45) is 3.22. The second kappa shape index (κ2) is 8.38. The van der Waals surface area contributed by atoms with E-state index in [0.717, 1.165) is 66.9 Å². The first-order chi connectivity index (χ1) is 15.0. The summed E-state index contributed by atoms with van der Waals surface area (Å²) in [5, 5.41) is 4.13. The van der Waals surface area contributed by atoms with E-state index in [1.807, 2.05) is 37.3 Å². The molecule has 2 aliphatic heterocycles. The maximum absolute atomic E-state index is 13.3. The predicted octanol–water partition coefficient (Wildman–Crippen LogP) is 4.62. The van der Waals surface area contributed by atoms with E-state index in [1.54, 1.807) is 0 Å². The van der Waals surface area contributed by atoms with Crippen LogP contribution in [0.25, 0.3) is 11.0 Å². The van der Waals surface area contributed by atoms with Gasteiger partial charge in [-0.2, -0.15) is 0 Å². The van der Waals surface area contributed by atoms with Gasteiger partial charge in [0.25, 0.3) is 0 Å². The number of ketones is 1. The third-order valence-corrected chi connectivity index (χ3v) is 7.23. The number of rotatable bonds is 5. The summed E-state index contributed by atoms with van der Waals surface area (Å²) in [6.45, 7) is 7.29. The van der Waals surface area contributed by atoms with Crippen LogP contribution in [0.1, 0.15) is 54.0 Å². The fourth-order valence-electron chi connectivity index (χ4n) is 5.38. The van der Waals surface area contributed by atoms with Crippen LogP contribution in [0.3, 0.4) is 0 Å². The number of nitrogens with one attached hydrogen (secondary N) is 1. The molecule has 6 heteroatoms. The molecule has 2 saturated heterocycles. The zero-order valence-electron chi connectivity index (χ0n) is 18.1. The van der Waals surface area contributed by atoms with E-state index in [1.165, 1.54) is 0 Å². The van der Waals surface area contributed by atoms with Gasteiger partial charge in [0.15, 0.2) is 5.78 Å². The first-order valence-electron chi connectivity index (χ1n) is 11.3. The summed E-state index contributed by atoms with van der Waals surface area (Å²) in [7, 11) is 0. The monoisotopic (exact) mass is 436 g/mol. The lowest BCUT2D eigenvalue weighted by atomic mass is 9.98. The van der Waals surface area contributed by atoms with Crippen LogP contribution >= 0.6 is 11.6 Å². The summed E-state index contributed by atoms with van der Waals surface area (Å²) in [6, 6.07) is 14.7. The van der Waals surface area contributed by atoms with Crippen molar-refractivity contribution in [1.82, 2.24) is 19.8 Å². The summed E-state index contributed by atoms with van der Waals surface area (Å²) in [5.74, 6) is 1.22. The molecule has 0 amide bonds. The van der Waals surface area contributed by atoms with E-state index >= 15 is 0 Å². The smallest absolute Gasteiger partial charge is 0.179 e. The molecule has 31 heavy (non-hydrogen) atoms. The number of benzene rings is 2. The van der Waals surface area contributed by atoms with E-state index in [4.69, 9.17) is 11.6 Å². The van der Waals surface area contributed by atoms with Crippen LogP contribution in [0.2, 0.25) is 5.02 Å². The van der Waals surface area contributed by atoms with E-state index in [9.17, 15) is 4.79 Å². The molecular weight excluding hydrogens is 408 g/mol. The molecule has 0 bridgehead atoms. The summed E-state index contributed by atoms with van der Waals surface area (Å²) in [4.78, 5) is 20.4. The van der Waals surface area contributed by atoms with Gasteiger partial charge >= 0.3 is 0 Å². The predicted molar refractivity (Wildman–Crippen MR) is 125 cm³/mol. The molecule has 3 heterocycles. The highest BCUT2D eigenvalue weighted by molar-refractivity contribution is 6.31. The van der Waals surface area contributed by atoms with Crippen LogP contribution in [0.5, 0.6) is 0 Å². The fourth-order valence-corrected chi connectivity index (χ4v) is 5.55. The number of fused-ring (bicyclic) bond motifs is 1. The molecule has 1 N–H and O–H groups in total. The highest BCUT2D eigenvalue weighted by atomic mass is 35.5. The number of imidazole rings is 1. The molecule has 2 aliphatic rings. The Kier molecular flexibility index (Phi) is 5.59. The molecule has 1 aromatic heterocycles. The average Bonchev–Trinajstić information content (AvgIpc) is 3.51. The Labute approximate surface area is 188 Å². The van der Waals surface area contributed by atoms with Crippen molar-refractivity contribution in [2.45, 2.75) is 51.2 Å². The second-order valence-corrected chi connectivity index (χ2v) is 9.30. The molecule has 0 aliphatic carbocycles. The summed E-state index contributed by atoms with van der Waals surface area (Å²) < 4.78 is 2.23. The van der Waals surface area contributed by atoms with Crippen molar-refractivity contribution in [1.29, 1.82) is 0 Å². The standard InChI is InChI=1S/C25H29ClN4O/c1-16(30-17(2)28-22-14-20(26)9-10-23(22)30)18-5-7-19(8-6-18)25(31)24-4-3-13-29(24)21-11-12-27-15-21/h5-10,14,16,21,24,27H,3-4,11-13,15H2,1-2H3/t16-,21?,24?/m1/s1. The van der Waals surface area contributed by atoms with Crippen LogP contribution in [-0.2, 0) is 0 Å². The highest BCUT2D eigenvalue weighted by Crippen LogP contribution is 2.29. The number of hydrogen-bond acceptors (Lipinski definition) is 4. The lowest BCUT2D eigenvalue weighted by Gasteiger charge is -2.29. The van der Waals surface area contributed by atoms with Gasteiger partial charge in [0.2, 0.25) is 0 Å². The number of Topliss-reactive ketones (excluding diaryl/α,β-unsaturated/α-hetero) is 1. The van der Waals surface area contributed by atoms with Gasteiger partial charge in [-0.15, -0.1) is 0 Å². The van der Waals surface area contributed by atoms with Gasteiger partial charge in [-0.25, -0.2) is 4.98 Å². The van der Waals surface area contributed by atoms with Crippen molar-refractivity contribution in [3.05, 3.63) is 64.4 Å². The van der Waals surface area contributed by atoms with E-state index < -0.39 is 0 Å². The third kappa shape index (κ3) is 3.79. The third-order valence-electron chi connectivity index (χ3n) is 6.99. The molecule has 3 aromatic rings. The normalized spacial score (nSPS) is 22.9. The minimum absolute atomic E-state index is 0.0257. The van der Waals surface area contributed by atoms with Crippen LogP contribution in [-0.4, -0.2) is 52.0 Å². The van der Waals surface area contributed by atoms with Gasteiger partial charge in [0.05, 0.1) is 23.1 Å². The number of carbonyl (C=O) groups is 1. The summed E-state index contributed by atoms with van der Waals surface area (Å²) >= 11 is 6.14. The number of likely N-dealkylation sites (tertiary alicyclic amines) is 1. The first-order valence-corrected chi connectivity index (χ1v) is 11.7. The lowest BCUT2D eigenvalue weighted by molar-refractivity contribution is 0.0826. The Morgan fingerprint density at radius 2 is 2.00 bits per heavy atom. The van der Waals surface area contributed by atoms with Crippen LogP contribution in [0, 0.1) is 6.92 Å². The minimum Gasteiger partial charge on any atom is -0.321 e. The van der Waals surface area contributed by atoms with Crippen molar-refractivity contribution < 1.29 is 4.79 Å². The molecule has 2 fully saturated rings. The summed E-state index contributed by atoms with van der Waals surface area (Å²) in [5.41, 5.74) is 3.96. The van der Waals surface area contributed by atoms with E-state index in [0.29, 0.717) is 11.1 Å². The van der Waals surface area contributed by atoms with E-state index in [2.05, 4.69) is 38.8 Å². The zero-order valence-corrected chi connectivity index (χ0v) is 18.9. The highest BCUT2D eigenvalue weighted by Gasteiger charge is 2.36. The van der Waals surface area contributed by atoms with Crippen LogP contribution in [0.4, 0.5) is 0 Å². The van der Waals surface area contributed by atoms with Crippen molar-refractivity contribution in [3.63, 3.8) is 0 Å². The Morgan fingerprint density at radius 3 is 2.74 bits per heavy atom. The number of aryl methyl sites for hydroxylation is 1. The van der Waals surface area contributed by atoms with Gasteiger partial charge in [-0.05, 0) is 70.0 Å².